The van der Waals surface area contributed by atoms with Crippen molar-refractivity contribution >= 4 is 23.5 Å². The van der Waals surface area contributed by atoms with Gasteiger partial charge in [-0.3, -0.25) is 0 Å². The van der Waals surface area contributed by atoms with Crippen molar-refractivity contribution in [1.29, 1.82) is 0 Å². The summed E-state index contributed by atoms with van der Waals surface area (Å²) in [7, 11) is 0. The Morgan fingerprint density at radius 2 is 1.04 bits per heavy atom. The van der Waals surface area contributed by atoms with E-state index in [0.717, 1.165) is 28.2 Å². The fourth-order valence-electron chi connectivity index (χ4n) is 5.23. The van der Waals surface area contributed by atoms with E-state index >= 15 is 0 Å². The van der Waals surface area contributed by atoms with Gasteiger partial charge in [0.25, 0.3) is 0 Å². The zero-order chi connectivity index (χ0) is 33.3. The second-order valence-electron chi connectivity index (χ2n) is 11.2. The van der Waals surface area contributed by atoms with Crippen LogP contribution in [0.4, 0.5) is 0 Å². The molecule has 3 aliphatic heterocycles. The molecule has 0 spiro atoms. The van der Waals surface area contributed by atoms with E-state index in [9.17, 15) is 56.2 Å². The first-order chi connectivity index (χ1) is 21.9. The van der Waals surface area contributed by atoms with Gasteiger partial charge in [-0.15, -0.1) is 33.7 Å². The number of nitrogens with zero attached hydrogens (tertiary/aromatic N) is 6. The van der Waals surface area contributed by atoms with E-state index in [0.29, 0.717) is 11.4 Å². The van der Waals surface area contributed by atoms with Gasteiger partial charge in [0.2, 0.25) is 0 Å². The van der Waals surface area contributed by atoms with Crippen molar-refractivity contribution in [3.05, 3.63) is 23.8 Å². The van der Waals surface area contributed by atoms with E-state index in [1.807, 2.05) is 0 Å². The molecule has 2 aromatic rings. The molecule has 0 radical (unpaired) electrons. The van der Waals surface area contributed by atoms with Gasteiger partial charge in [-0.1, -0.05) is 10.4 Å². The predicted octanol–water partition coefficient (Wildman–Crippen LogP) is -6.38. The minimum Gasteiger partial charge on any atom is -0.394 e. The number of aromatic nitrogens is 6. The number of aliphatic hydroxyl groups is 11. The summed E-state index contributed by atoms with van der Waals surface area (Å²) in [5.74, 6) is 0.257. The average Bonchev–Trinajstić information content (AvgIpc) is 3.72. The first kappa shape index (κ1) is 35.7. The molecule has 5 rings (SSSR count). The third-order valence-electron chi connectivity index (χ3n) is 7.95. The largest absolute Gasteiger partial charge is 0.394 e. The van der Waals surface area contributed by atoms with Gasteiger partial charge in [-0.2, -0.15) is 0 Å². The van der Waals surface area contributed by atoms with Crippen molar-refractivity contribution in [3.8, 4) is 0 Å². The second-order valence-corrected chi connectivity index (χ2v) is 13.3. The van der Waals surface area contributed by atoms with E-state index in [1.165, 1.54) is 17.1 Å². The summed E-state index contributed by atoms with van der Waals surface area (Å²) in [5, 5.41) is 127. The van der Waals surface area contributed by atoms with Gasteiger partial charge < -0.3 is 70.4 Å². The molecule has 3 fully saturated rings. The van der Waals surface area contributed by atoms with Crippen molar-refractivity contribution in [2.45, 2.75) is 108 Å². The zero-order valence-electron chi connectivity index (χ0n) is 24.0. The lowest BCUT2D eigenvalue weighted by atomic mass is 9.98. The fraction of sp³-hybridized carbons (Fsp3) is 0.833. The maximum Gasteiger partial charge on any atom is 0.180 e. The van der Waals surface area contributed by atoms with Gasteiger partial charge in [-0.05, 0) is 0 Å². The predicted molar refractivity (Wildman–Crippen MR) is 152 cm³/mol. The molecule has 22 heteroatoms. The molecular weight excluding hydrogens is 660 g/mol. The molecule has 46 heavy (non-hydrogen) atoms. The Hall–Kier alpha value is -1.58. The highest BCUT2D eigenvalue weighted by Crippen LogP contribution is 2.33. The molecule has 3 aliphatic rings. The van der Waals surface area contributed by atoms with Crippen LogP contribution in [0.2, 0.25) is 0 Å². The summed E-state index contributed by atoms with van der Waals surface area (Å²) in [6.07, 6.45) is -15.2. The topological polar surface area (TPSA) is 312 Å². The minimum atomic E-state index is -1.63. The number of aliphatic hydroxyl groups excluding tert-OH is 11. The fourth-order valence-corrected chi connectivity index (χ4v) is 7.32. The SMILES string of the molecule is OC[C@H]1O[C@@H](SCc2cn(C[C@H]3O[C@@H](n4cc(CS[C@@H]5O[C@H](CO)[C@H](O)[C@H](O)[C@H]5O)nn4)[C@H](O)[C@@H](O)[C@@H]3O)nn2)[C@H](O)[C@@H](O)[C@H]1O. The molecule has 260 valence electrons. The number of ether oxygens (including phenoxy) is 3. The highest BCUT2D eigenvalue weighted by Gasteiger charge is 2.47. The van der Waals surface area contributed by atoms with Crippen molar-refractivity contribution in [3.63, 3.8) is 0 Å². The minimum absolute atomic E-state index is 0.100. The molecule has 0 bridgehead atoms. The summed E-state index contributed by atoms with van der Waals surface area (Å²) >= 11 is 2.08. The number of thioether (sulfide) groups is 2. The Morgan fingerprint density at radius 1 is 0.565 bits per heavy atom. The van der Waals surface area contributed by atoms with E-state index in [4.69, 9.17) is 14.2 Å². The van der Waals surface area contributed by atoms with Crippen molar-refractivity contribution in [2.75, 3.05) is 13.2 Å². The van der Waals surface area contributed by atoms with Crippen LogP contribution < -0.4 is 0 Å². The first-order valence-corrected chi connectivity index (χ1v) is 16.4. The summed E-state index contributed by atoms with van der Waals surface area (Å²) in [6.45, 7) is -1.23. The summed E-state index contributed by atoms with van der Waals surface area (Å²) in [4.78, 5) is 0. The van der Waals surface area contributed by atoms with Crippen LogP contribution in [0.5, 0.6) is 0 Å². The second kappa shape index (κ2) is 15.3. The van der Waals surface area contributed by atoms with E-state index < -0.39 is 104 Å². The number of hydrogen-bond donors (Lipinski definition) is 11. The van der Waals surface area contributed by atoms with Gasteiger partial charge in [0.15, 0.2) is 6.23 Å². The molecule has 0 unspecified atom stereocenters. The molecule has 0 saturated carbocycles. The van der Waals surface area contributed by atoms with Crippen LogP contribution in [0, 0.1) is 0 Å². The Labute approximate surface area is 269 Å². The van der Waals surface area contributed by atoms with Crippen LogP contribution in [-0.2, 0) is 32.3 Å². The quantitative estimate of drug-likeness (QED) is 0.104. The van der Waals surface area contributed by atoms with E-state index in [-0.39, 0.29) is 18.1 Å². The molecule has 2 aromatic heterocycles. The van der Waals surface area contributed by atoms with Crippen LogP contribution >= 0.6 is 23.5 Å². The van der Waals surface area contributed by atoms with Crippen LogP contribution in [0.15, 0.2) is 12.4 Å². The molecule has 0 aliphatic carbocycles. The standard InChI is InChI=1S/C24H38N6O14S2/c31-4-11-14(34)17(37)20(40)23(43-11)45-6-8-1-29(27-25-8)3-10-13(33)16(36)19(39)22(42-10)30-2-9(26-28-30)7-46-24-21(41)18(38)15(35)12(5-32)44-24/h1-2,10-24,31-41H,3-7H2/t10-,11-,12-,13-,14+,15+,16+,17+,18+,19-,20-,21-,22-,23+,24+/m1/s1. The Kier molecular flexibility index (Phi) is 11.9. The molecule has 0 aromatic carbocycles. The lowest BCUT2D eigenvalue weighted by Crippen LogP contribution is -2.57. The van der Waals surface area contributed by atoms with Crippen LogP contribution in [-0.4, -0.2) is 183 Å². The molecule has 15 atom stereocenters. The van der Waals surface area contributed by atoms with Gasteiger partial charge in [0.05, 0.1) is 37.3 Å². The van der Waals surface area contributed by atoms with Crippen LogP contribution in [0.3, 0.4) is 0 Å². The first-order valence-electron chi connectivity index (χ1n) is 14.3. The summed E-state index contributed by atoms with van der Waals surface area (Å²) < 4.78 is 19.3. The zero-order valence-corrected chi connectivity index (χ0v) is 25.6. The molecule has 20 nitrogen and oxygen atoms in total. The average molecular weight is 699 g/mol. The summed E-state index contributed by atoms with van der Waals surface area (Å²) in [5.41, 5.74) is -1.21. The van der Waals surface area contributed by atoms with Gasteiger partial charge in [0.1, 0.15) is 84.1 Å². The third kappa shape index (κ3) is 7.51. The van der Waals surface area contributed by atoms with Crippen LogP contribution in [0.1, 0.15) is 17.6 Å². The Bertz CT molecular complexity index is 1260. The van der Waals surface area contributed by atoms with Crippen LogP contribution in [0.25, 0.3) is 0 Å². The summed E-state index contributed by atoms with van der Waals surface area (Å²) in [6, 6.07) is 0. The molecule has 5 heterocycles. The molecule has 11 N–H and O–H groups in total. The van der Waals surface area contributed by atoms with Gasteiger partial charge in [0, 0.05) is 17.7 Å². The lowest BCUT2D eigenvalue weighted by Gasteiger charge is -2.40. The smallest absolute Gasteiger partial charge is 0.180 e. The van der Waals surface area contributed by atoms with Crippen molar-refractivity contribution in [2.24, 2.45) is 0 Å². The lowest BCUT2D eigenvalue weighted by molar-refractivity contribution is -0.251. The van der Waals surface area contributed by atoms with E-state index in [2.05, 4.69) is 20.6 Å². The maximum atomic E-state index is 10.6. The van der Waals surface area contributed by atoms with Crippen molar-refractivity contribution in [1.82, 2.24) is 30.0 Å². The molecule has 0 amide bonds. The van der Waals surface area contributed by atoms with Crippen molar-refractivity contribution < 1.29 is 70.4 Å². The number of hydrogen-bond acceptors (Lipinski definition) is 20. The molecule has 3 saturated heterocycles. The van der Waals surface area contributed by atoms with Gasteiger partial charge >= 0.3 is 0 Å². The monoisotopic (exact) mass is 698 g/mol. The Morgan fingerprint density at radius 3 is 1.59 bits per heavy atom. The maximum absolute atomic E-state index is 10.6. The third-order valence-corrected chi connectivity index (χ3v) is 10.3. The van der Waals surface area contributed by atoms with E-state index in [1.54, 1.807) is 0 Å². The highest BCUT2D eigenvalue weighted by atomic mass is 32.2. The Balaban J connectivity index is 1.17. The number of rotatable bonds is 11. The molecular formula is C24H38N6O14S2. The highest BCUT2D eigenvalue weighted by molar-refractivity contribution is 7.99. The normalized spacial score (nSPS) is 41.9. The van der Waals surface area contributed by atoms with Gasteiger partial charge in [-0.25, -0.2) is 9.36 Å².